The van der Waals surface area contributed by atoms with E-state index in [4.69, 9.17) is 5.73 Å². The Kier molecular flexibility index (Phi) is 3.73. The van der Waals surface area contributed by atoms with Crippen molar-refractivity contribution in [3.63, 3.8) is 0 Å². The molecule has 0 bridgehead atoms. The number of nitrogens with two attached hydrogens (primary N) is 1. The number of nitrogens with zero attached hydrogens (tertiary/aromatic N) is 2. The van der Waals surface area contributed by atoms with Gasteiger partial charge in [-0.25, -0.2) is 0 Å². The van der Waals surface area contributed by atoms with Crippen LogP contribution in [0.25, 0.3) is 0 Å². The first-order valence-electron chi connectivity index (χ1n) is 6.73. The zero-order valence-corrected chi connectivity index (χ0v) is 11.1. The molecule has 1 amide bonds. The molecular formula is C13H25N3O. The van der Waals surface area contributed by atoms with E-state index in [1.54, 1.807) is 0 Å². The topological polar surface area (TPSA) is 49.6 Å². The van der Waals surface area contributed by atoms with Crippen LogP contribution < -0.4 is 5.73 Å². The lowest BCUT2D eigenvalue weighted by molar-refractivity contribution is -0.134. The average Bonchev–Trinajstić information content (AvgIpc) is 2.62. The Morgan fingerprint density at radius 1 is 1.41 bits per heavy atom. The lowest BCUT2D eigenvalue weighted by atomic mass is 9.75. The minimum absolute atomic E-state index is 0.178. The van der Waals surface area contributed by atoms with Gasteiger partial charge in [-0.05, 0) is 46.2 Å². The molecule has 2 N–H and O–H groups in total. The second kappa shape index (κ2) is 4.94. The lowest BCUT2D eigenvalue weighted by Crippen LogP contribution is -2.52. The van der Waals surface area contributed by atoms with Crippen LogP contribution in [0, 0.1) is 0 Å². The molecule has 1 aliphatic carbocycles. The van der Waals surface area contributed by atoms with E-state index < -0.39 is 0 Å². The number of likely N-dealkylation sites (tertiary alicyclic amines) is 1. The Morgan fingerprint density at radius 3 is 2.65 bits per heavy atom. The van der Waals surface area contributed by atoms with Crippen LogP contribution in [0.1, 0.15) is 38.5 Å². The van der Waals surface area contributed by atoms with Gasteiger partial charge in [0.05, 0.1) is 0 Å². The van der Waals surface area contributed by atoms with Gasteiger partial charge in [0.1, 0.15) is 0 Å². The molecule has 1 saturated carbocycles. The van der Waals surface area contributed by atoms with Gasteiger partial charge in [-0.1, -0.05) is 0 Å². The molecule has 0 aromatic heterocycles. The van der Waals surface area contributed by atoms with Crippen LogP contribution in [0.3, 0.4) is 0 Å². The summed E-state index contributed by atoms with van der Waals surface area (Å²) in [6.45, 7) is 1.90. The molecule has 1 unspecified atom stereocenters. The first-order valence-corrected chi connectivity index (χ1v) is 6.73. The van der Waals surface area contributed by atoms with Crippen molar-refractivity contribution >= 4 is 5.91 Å². The van der Waals surface area contributed by atoms with Gasteiger partial charge in [0.25, 0.3) is 0 Å². The van der Waals surface area contributed by atoms with Crippen LogP contribution in [0.4, 0.5) is 0 Å². The Hall–Kier alpha value is -0.610. The fourth-order valence-electron chi connectivity index (χ4n) is 2.99. The molecule has 1 aliphatic heterocycles. The van der Waals surface area contributed by atoms with E-state index in [0.29, 0.717) is 12.5 Å². The minimum Gasteiger partial charge on any atom is -0.338 e. The number of carbonyl (C=O) groups excluding carboxylic acids is 1. The molecule has 2 fully saturated rings. The Labute approximate surface area is 104 Å². The third-order valence-electron chi connectivity index (χ3n) is 4.13. The molecule has 1 heterocycles. The third kappa shape index (κ3) is 2.99. The number of rotatable bonds is 4. The molecule has 1 saturated heterocycles. The fraction of sp³-hybridized carbons (Fsp3) is 0.923. The van der Waals surface area contributed by atoms with Gasteiger partial charge in [-0.2, -0.15) is 0 Å². The Bertz CT molecular complexity index is 286. The van der Waals surface area contributed by atoms with Crippen LogP contribution in [-0.4, -0.2) is 54.5 Å². The van der Waals surface area contributed by atoms with Crippen molar-refractivity contribution < 1.29 is 4.79 Å². The summed E-state index contributed by atoms with van der Waals surface area (Å²) in [5.74, 6) is 0.275. The SMILES string of the molecule is CN(C)CC1CCCN1C(=O)CC1(N)CCC1. The highest BCUT2D eigenvalue weighted by atomic mass is 16.2. The van der Waals surface area contributed by atoms with Crippen LogP contribution in [-0.2, 0) is 4.79 Å². The maximum absolute atomic E-state index is 12.3. The summed E-state index contributed by atoms with van der Waals surface area (Å²) in [7, 11) is 4.13. The standard InChI is InChI=1S/C13H25N3O/c1-15(2)10-11-5-3-8-16(11)12(17)9-13(14)6-4-7-13/h11H,3-10,14H2,1-2H3. The van der Waals surface area contributed by atoms with E-state index >= 15 is 0 Å². The van der Waals surface area contributed by atoms with E-state index in [0.717, 1.165) is 38.8 Å². The zero-order chi connectivity index (χ0) is 12.5. The lowest BCUT2D eigenvalue weighted by Gasteiger charge is -2.39. The van der Waals surface area contributed by atoms with E-state index in [2.05, 4.69) is 23.9 Å². The molecular weight excluding hydrogens is 214 g/mol. The summed E-state index contributed by atoms with van der Waals surface area (Å²) >= 11 is 0. The molecule has 4 nitrogen and oxygen atoms in total. The molecule has 4 heteroatoms. The molecule has 1 atom stereocenters. The van der Waals surface area contributed by atoms with Crippen molar-refractivity contribution in [2.45, 2.75) is 50.1 Å². The van der Waals surface area contributed by atoms with E-state index in [-0.39, 0.29) is 11.4 Å². The van der Waals surface area contributed by atoms with Gasteiger partial charge in [0.15, 0.2) is 0 Å². The second-order valence-electron chi connectivity index (χ2n) is 6.04. The number of hydrogen-bond acceptors (Lipinski definition) is 3. The van der Waals surface area contributed by atoms with Gasteiger partial charge in [-0.15, -0.1) is 0 Å². The molecule has 2 rings (SSSR count). The molecule has 0 aromatic carbocycles. The largest absolute Gasteiger partial charge is 0.338 e. The number of carbonyl (C=O) groups is 1. The summed E-state index contributed by atoms with van der Waals surface area (Å²) in [4.78, 5) is 16.5. The zero-order valence-electron chi connectivity index (χ0n) is 11.1. The summed E-state index contributed by atoms with van der Waals surface area (Å²) in [6, 6.07) is 0.404. The van der Waals surface area contributed by atoms with E-state index in [1.165, 1.54) is 6.42 Å². The summed E-state index contributed by atoms with van der Waals surface area (Å²) in [6.07, 6.45) is 6.06. The van der Waals surface area contributed by atoms with Gasteiger partial charge in [0, 0.05) is 31.1 Å². The maximum Gasteiger partial charge on any atom is 0.224 e. The smallest absolute Gasteiger partial charge is 0.224 e. The van der Waals surface area contributed by atoms with E-state index in [9.17, 15) is 4.79 Å². The molecule has 0 spiro atoms. The molecule has 0 radical (unpaired) electrons. The summed E-state index contributed by atoms with van der Waals surface area (Å²) in [5, 5.41) is 0. The first-order chi connectivity index (χ1) is 8.00. The highest BCUT2D eigenvalue weighted by Crippen LogP contribution is 2.33. The average molecular weight is 239 g/mol. The van der Waals surface area contributed by atoms with Gasteiger partial charge in [-0.3, -0.25) is 4.79 Å². The Balaban J connectivity index is 1.89. The van der Waals surface area contributed by atoms with Crippen molar-refractivity contribution in [2.75, 3.05) is 27.2 Å². The fourth-order valence-corrected chi connectivity index (χ4v) is 2.99. The molecule has 17 heavy (non-hydrogen) atoms. The van der Waals surface area contributed by atoms with Crippen molar-refractivity contribution in [1.82, 2.24) is 9.80 Å². The van der Waals surface area contributed by atoms with Crippen LogP contribution in [0.5, 0.6) is 0 Å². The van der Waals surface area contributed by atoms with Gasteiger partial charge >= 0.3 is 0 Å². The van der Waals surface area contributed by atoms with Crippen LogP contribution in [0.15, 0.2) is 0 Å². The maximum atomic E-state index is 12.3. The van der Waals surface area contributed by atoms with Gasteiger partial charge in [0.2, 0.25) is 5.91 Å². The number of hydrogen-bond donors (Lipinski definition) is 1. The summed E-state index contributed by atoms with van der Waals surface area (Å²) in [5.41, 5.74) is 5.98. The normalized spacial score (nSPS) is 27.3. The van der Waals surface area contributed by atoms with Gasteiger partial charge < -0.3 is 15.5 Å². The number of amides is 1. The van der Waals surface area contributed by atoms with Crippen LogP contribution >= 0.6 is 0 Å². The predicted octanol–water partition coefficient (Wildman–Crippen LogP) is 0.811. The molecule has 2 aliphatic rings. The Morgan fingerprint density at radius 2 is 2.12 bits per heavy atom. The van der Waals surface area contributed by atoms with Crippen LogP contribution in [0.2, 0.25) is 0 Å². The van der Waals surface area contributed by atoms with Crippen molar-refractivity contribution in [2.24, 2.45) is 5.73 Å². The third-order valence-corrected chi connectivity index (χ3v) is 4.13. The highest BCUT2D eigenvalue weighted by Gasteiger charge is 2.38. The quantitative estimate of drug-likeness (QED) is 0.790. The highest BCUT2D eigenvalue weighted by molar-refractivity contribution is 5.78. The summed E-state index contributed by atoms with van der Waals surface area (Å²) < 4.78 is 0. The first kappa shape index (κ1) is 12.8. The monoisotopic (exact) mass is 239 g/mol. The van der Waals surface area contributed by atoms with E-state index in [1.807, 2.05) is 0 Å². The van der Waals surface area contributed by atoms with Crippen molar-refractivity contribution in [1.29, 1.82) is 0 Å². The predicted molar refractivity (Wildman–Crippen MR) is 68.7 cm³/mol. The second-order valence-corrected chi connectivity index (χ2v) is 6.04. The molecule has 0 aromatic rings. The minimum atomic E-state index is -0.178. The van der Waals surface area contributed by atoms with Crippen molar-refractivity contribution in [3.05, 3.63) is 0 Å². The van der Waals surface area contributed by atoms with Crippen molar-refractivity contribution in [3.8, 4) is 0 Å². The molecule has 98 valence electrons. The number of likely N-dealkylation sites (N-methyl/N-ethyl adjacent to an activating group) is 1.